The average molecular weight is 228 g/mol. The first kappa shape index (κ1) is 13.9. The quantitative estimate of drug-likeness (QED) is 0.752. The minimum atomic E-state index is 0.241. The second-order valence-electron chi connectivity index (χ2n) is 5.95. The fourth-order valence-electron chi connectivity index (χ4n) is 2.31. The molecule has 0 atom stereocenters. The summed E-state index contributed by atoms with van der Waals surface area (Å²) in [5.41, 5.74) is 5.99. The van der Waals surface area contributed by atoms with Gasteiger partial charge in [-0.1, -0.05) is 13.8 Å². The van der Waals surface area contributed by atoms with E-state index in [2.05, 4.69) is 25.8 Å². The van der Waals surface area contributed by atoms with Gasteiger partial charge in [0.2, 0.25) is 0 Å². The van der Waals surface area contributed by atoms with Crippen molar-refractivity contribution < 1.29 is 4.74 Å². The fourth-order valence-corrected chi connectivity index (χ4v) is 2.31. The Morgan fingerprint density at radius 2 is 1.94 bits per heavy atom. The molecule has 0 saturated carbocycles. The molecular weight excluding hydrogens is 200 g/mol. The van der Waals surface area contributed by atoms with Crippen molar-refractivity contribution in [3.05, 3.63) is 0 Å². The highest BCUT2D eigenvalue weighted by atomic mass is 16.5. The van der Waals surface area contributed by atoms with Gasteiger partial charge in [0.25, 0.3) is 0 Å². The van der Waals surface area contributed by atoms with Crippen molar-refractivity contribution in [3.8, 4) is 0 Å². The van der Waals surface area contributed by atoms with E-state index in [1.165, 1.54) is 25.8 Å². The Bertz CT molecular complexity index is 188. The van der Waals surface area contributed by atoms with Gasteiger partial charge in [0.15, 0.2) is 0 Å². The Hall–Kier alpha value is -0.120. The molecule has 0 aromatic rings. The van der Waals surface area contributed by atoms with Gasteiger partial charge in [-0.25, -0.2) is 0 Å². The molecule has 1 heterocycles. The average Bonchev–Trinajstić information content (AvgIpc) is 2.27. The maximum atomic E-state index is 5.75. The highest BCUT2D eigenvalue weighted by Crippen LogP contribution is 2.20. The van der Waals surface area contributed by atoms with E-state index < -0.39 is 0 Å². The summed E-state index contributed by atoms with van der Waals surface area (Å²) in [7, 11) is 2.21. The topological polar surface area (TPSA) is 38.5 Å². The van der Waals surface area contributed by atoms with Crippen LogP contribution in [0.15, 0.2) is 0 Å². The summed E-state index contributed by atoms with van der Waals surface area (Å²) in [6.45, 7) is 9.43. The minimum Gasteiger partial charge on any atom is -0.381 e. The van der Waals surface area contributed by atoms with Crippen molar-refractivity contribution in [3.63, 3.8) is 0 Å². The Kier molecular flexibility index (Phi) is 5.73. The standard InChI is InChI=1S/C13H28N2O/c1-13(2,10-14)11-15(3)7-4-12-5-8-16-9-6-12/h12H,4-11,14H2,1-3H3. The summed E-state index contributed by atoms with van der Waals surface area (Å²) >= 11 is 0. The highest BCUT2D eigenvalue weighted by molar-refractivity contribution is 4.74. The number of rotatable bonds is 6. The minimum absolute atomic E-state index is 0.241. The van der Waals surface area contributed by atoms with Gasteiger partial charge in [-0.05, 0) is 50.7 Å². The molecule has 2 N–H and O–H groups in total. The van der Waals surface area contributed by atoms with Crippen molar-refractivity contribution in [2.24, 2.45) is 17.1 Å². The smallest absolute Gasteiger partial charge is 0.0468 e. The lowest BCUT2D eigenvalue weighted by atomic mass is 9.92. The molecule has 1 rings (SSSR count). The van der Waals surface area contributed by atoms with Crippen LogP contribution in [0.2, 0.25) is 0 Å². The lowest BCUT2D eigenvalue weighted by Crippen LogP contribution is -2.37. The van der Waals surface area contributed by atoms with E-state index in [4.69, 9.17) is 10.5 Å². The summed E-state index contributed by atoms with van der Waals surface area (Å²) in [5.74, 6) is 0.872. The zero-order valence-electron chi connectivity index (χ0n) is 11.2. The molecule has 3 heteroatoms. The van der Waals surface area contributed by atoms with E-state index in [1.807, 2.05) is 0 Å². The molecule has 0 aromatic carbocycles. The monoisotopic (exact) mass is 228 g/mol. The molecule has 0 unspecified atom stereocenters. The summed E-state index contributed by atoms with van der Waals surface area (Å²) in [4.78, 5) is 2.42. The third kappa shape index (κ3) is 5.28. The van der Waals surface area contributed by atoms with Crippen LogP contribution in [0.1, 0.15) is 33.1 Å². The zero-order chi connectivity index (χ0) is 12.0. The Labute approximate surface area is 100 Å². The molecule has 0 amide bonds. The molecule has 0 bridgehead atoms. The third-order valence-electron chi connectivity index (χ3n) is 3.51. The van der Waals surface area contributed by atoms with Crippen LogP contribution in [0.25, 0.3) is 0 Å². The van der Waals surface area contributed by atoms with Crippen molar-refractivity contribution in [2.45, 2.75) is 33.1 Å². The molecule has 96 valence electrons. The first-order valence-corrected chi connectivity index (χ1v) is 6.50. The molecule has 3 nitrogen and oxygen atoms in total. The predicted molar refractivity (Wildman–Crippen MR) is 68.5 cm³/mol. The molecule has 0 aromatic heterocycles. The number of nitrogens with two attached hydrogens (primary N) is 1. The second kappa shape index (κ2) is 6.58. The SMILES string of the molecule is CN(CCC1CCOCC1)CC(C)(C)CN. The molecule has 0 spiro atoms. The number of hydrogen-bond acceptors (Lipinski definition) is 3. The fraction of sp³-hybridized carbons (Fsp3) is 1.00. The Balaban J connectivity index is 2.16. The van der Waals surface area contributed by atoms with E-state index in [-0.39, 0.29) is 5.41 Å². The van der Waals surface area contributed by atoms with Gasteiger partial charge in [-0.3, -0.25) is 0 Å². The molecule has 1 aliphatic heterocycles. The Morgan fingerprint density at radius 1 is 1.31 bits per heavy atom. The lowest BCUT2D eigenvalue weighted by molar-refractivity contribution is 0.0597. The summed E-state index contributed by atoms with van der Waals surface area (Å²) in [5, 5.41) is 0. The van der Waals surface area contributed by atoms with Crippen LogP contribution in [0, 0.1) is 11.3 Å². The van der Waals surface area contributed by atoms with Crippen molar-refractivity contribution >= 4 is 0 Å². The van der Waals surface area contributed by atoms with E-state index in [0.717, 1.165) is 32.2 Å². The molecule has 16 heavy (non-hydrogen) atoms. The van der Waals surface area contributed by atoms with Gasteiger partial charge in [-0.15, -0.1) is 0 Å². The molecule has 0 aliphatic carbocycles. The van der Waals surface area contributed by atoms with E-state index in [9.17, 15) is 0 Å². The number of hydrogen-bond donors (Lipinski definition) is 1. The van der Waals surface area contributed by atoms with Gasteiger partial charge >= 0.3 is 0 Å². The molecule has 0 radical (unpaired) electrons. The van der Waals surface area contributed by atoms with Crippen LogP contribution >= 0.6 is 0 Å². The highest BCUT2D eigenvalue weighted by Gasteiger charge is 2.19. The lowest BCUT2D eigenvalue weighted by Gasteiger charge is -2.30. The second-order valence-corrected chi connectivity index (χ2v) is 5.95. The van der Waals surface area contributed by atoms with Gasteiger partial charge in [0.1, 0.15) is 0 Å². The number of ether oxygens (including phenoxy) is 1. The van der Waals surface area contributed by atoms with Crippen molar-refractivity contribution in [1.82, 2.24) is 4.90 Å². The maximum absolute atomic E-state index is 5.75. The Morgan fingerprint density at radius 3 is 2.50 bits per heavy atom. The first-order valence-electron chi connectivity index (χ1n) is 6.50. The largest absolute Gasteiger partial charge is 0.381 e. The summed E-state index contributed by atoms with van der Waals surface area (Å²) in [6, 6.07) is 0. The van der Waals surface area contributed by atoms with E-state index >= 15 is 0 Å². The third-order valence-corrected chi connectivity index (χ3v) is 3.51. The van der Waals surface area contributed by atoms with Gasteiger partial charge in [-0.2, -0.15) is 0 Å². The van der Waals surface area contributed by atoms with Crippen LogP contribution in [0.5, 0.6) is 0 Å². The van der Waals surface area contributed by atoms with Gasteiger partial charge in [0, 0.05) is 19.8 Å². The molecule has 1 saturated heterocycles. The van der Waals surface area contributed by atoms with E-state index in [1.54, 1.807) is 0 Å². The van der Waals surface area contributed by atoms with Crippen LogP contribution < -0.4 is 5.73 Å². The van der Waals surface area contributed by atoms with Crippen LogP contribution in [0.3, 0.4) is 0 Å². The van der Waals surface area contributed by atoms with Gasteiger partial charge in [0.05, 0.1) is 0 Å². The number of nitrogens with zero attached hydrogens (tertiary/aromatic N) is 1. The van der Waals surface area contributed by atoms with E-state index in [0.29, 0.717) is 0 Å². The van der Waals surface area contributed by atoms with Crippen molar-refractivity contribution in [2.75, 3.05) is 39.9 Å². The summed E-state index contributed by atoms with van der Waals surface area (Å²) < 4.78 is 5.37. The summed E-state index contributed by atoms with van der Waals surface area (Å²) in [6.07, 6.45) is 3.79. The van der Waals surface area contributed by atoms with Crippen LogP contribution in [-0.4, -0.2) is 44.8 Å². The molecular formula is C13H28N2O. The molecule has 1 fully saturated rings. The van der Waals surface area contributed by atoms with Crippen LogP contribution in [0.4, 0.5) is 0 Å². The van der Waals surface area contributed by atoms with Crippen LogP contribution in [-0.2, 0) is 4.74 Å². The van der Waals surface area contributed by atoms with Gasteiger partial charge < -0.3 is 15.4 Å². The first-order chi connectivity index (χ1) is 7.53. The predicted octanol–water partition coefficient (Wildman–Crippen LogP) is 1.72. The maximum Gasteiger partial charge on any atom is 0.0468 e. The zero-order valence-corrected chi connectivity index (χ0v) is 11.2. The normalized spacial score (nSPS) is 19.3. The van der Waals surface area contributed by atoms with Crippen molar-refractivity contribution in [1.29, 1.82) is 0 Å². The molecule has 1 aliphatic rings.